The summed E-state index contributed by atoms with van der Waals surface area (Å²) in [7, 11) is 0. The molecular weight excluding hydrogens is 220 g/mol. The van der Waals surface area contributed by atoms with Gasteiger partial charge in [0.15, 0.2) is 0 Å². The number of amides is 1. The Morgan fingerprint density at radius 3 is 2.75 bits per heavy atom. The van der Waals surface area contributed by atoms with Gasteiger partial charge in [-0.05, 0) is 36.1 Å². The number of aromatic nitrogens is 1. The highest BCUT2D eigenvalue weighted by molar-refractivity contribution is 7.10. The molecule has 82 valence electrons. The highest BCUT2D eigenvalue weighted by Gasteiger charge is 2.05. The zero-order valence-corrected chi connectivity index (χ0v) is 9.75. The summed E-state index contributed by atoms with van der Waals surface area (Å²) in [5, 5.41) is 4.92. The maximum Gasteiger partial charge on any atom is 0.251 e. The summed E-state index contributed by atoms with van der Waals surface area (Å²) in [5.74, 6) is -0.0600. The largest absolute Gasteiger partial charge is 0.347 e. The van der Waals surface area contributed by atoms with E-state index in [-0.39, 0.29) is 5.91 Å². The Balaban J connectivity index is 1.97. The summed E-state index contributed by atoms with van der Waals surface area (Å²) in [6, 6.07) is 5.46. The fourth-order valence-electron chi connectivity index (χ4n) is 1.35. The quantitative estimate of drug-likeness (QED) is 0.882. The summed E-state index contributed by atoms with van der Waals surface area (Å²) >= 11 is 1.66. The molecule has 2 aromatic heterocycles. The van der Waals surface area contributed by atoms with E-state index in [4.69, 9.17) is 0 Å². The van der Waals surface area contributed by atoms with Crippen molar-refractivity contribution in [3.8, 4) is 0 Å². The molecule has 0 saturated heterocycles. The molecule has 3 nitrogen and oxygen atoms in total. The second kappa shape index (κ2) is 4.90. The van der Waals surface area contributed by atoms with Gasteiger partial charge >= 0.3 is 0 Å². The second-order valence-corrected chi connectivity index (χ2v) is 4.45. The number of nitrogens with one attached hydrogen (secondary N) is 1. The van der Waals surface area contributed by atoms with Crippen LogP contribution in [-0.4, -0.2) is 10.9 Å². The Bertz CT molecular complexity index is 479. The molecule has 2 aromatic rings. The van der Waals surface area contributed by atoms with Crippen molar-refractivity contribution in [3.05, 3.63) is 52.0 Å². The summed E-state index contributed by atoms with van der Waals surface area (Å²) in [4.78, 5) is 16.8. The minimum Gasteiger partial charge on any atom is -0.347 e. The number of hydrogen-bond donors (Lipinski definition) is 1. The number of carbonyl (C=O) groups excluding carboxylic acids is 1. The molecular formula is C12H12N2OS. The fourth-order valence-corrected chi connectivity index (χ4v) is 2.20. The number of hydrogen-bond acceptors (Lipinski definition) is 3. The minimum absolute atomic E-state index is 0.0600. The molecule has 0 aliphatic carbocycles. The first kappa shape index (κ1) is 10.8. The SMILES string of the molecule is Cc1ccsc1CNC(=O)c1ccncc1. The van der Waals surface area contributed by atoms with E-state index in [0.717, 1.165) is 0 Å². The van der Waals surface area contributed by atoms with E-state index in [9.17, 15) is 4.79 Å². The molecule has 0 aliphatic rings. The first-order valence-corrected chi connectivity index (χ1v) is 5.86. The van der Waals surface area contributed by atoms with E-state index in [1.165, 1.54) is 10.4 Å². The van der Waals surface area contributed by atoms with Crippen LogP contribution in [0.4, 0.5) is 0 Å². The van der Waals surface area contributed by atoms with Gasteiger partial charge in [0.1, 0.15) is 0 Å². The van der Waals surface area contributed by atoms with Crippen molar-refractivity contribution in [2.45, 2.75) is 13.5 Å². The molecule has 0 radical (unpaired) electrons. The number of aryl methyl sites for hydroxylation is 1. The molecule has 1 N–H and O–H groups in total. The zero-order chi connectivity index (χ0) is 11.4. The Hall–Kier alpha value is -1.68. The predicted molar refractivity (Wildman–Crippen MR) is 64.5 cm³/mol. The van der Waals surface area contributed by atoms with Crippen molar-refractivity contribution in [2.75, 3.05) is 0 Å². The fraction of sp³-hybridized carbons (Fsp3) is 0.167. The first-order valence-electron chi connectivity index (χ1n) is 4.98. The highest BCUT2D eigenvalue weighted by atomic mass is 32.1. The van der Waals surface area contributed by atoms with Gasteiger partial charge < -0.3 is 5.32 Å². The van der Waals surface area contributed by atoms with Gasteiger partial charge in [0, 0.05) is 22.8 Å². The van der Waals surface area contributed by atoms with Crippen LogP contribution < -0.4 is 5.32 Å². The van der Waals surface area contributed by atoms with Crippen LogP contribution in [0.15, 0.2) is 36.0 Å². The van der Waals surface area contributed by atoms with Crippen molar-refractivity contribution >= 4 is 17.2 Å². The molecule has 0 aromatic carbocycles. The van der Waals surface area contributed by atoms with Crippen molar-refractivity contribution < 1.29 is 4.79 Å². The molecule has 0 atom stereocenters. The number of pyridine rings is 1. The maximum absolute atomic E-state index is 11.7. The Kier molecular flexibility index (Phi) is 3.31. The first-order chi connectivity index (χ1) is 7.77. The van der Waals surface area contributed by atoms with E-state index in [1.54, 1.807) is 35.9 Å². The lowest BCUT2D eigenvalue weighted by Crippen LogP contribution is -2.22. The van der Waals surface area contributed by atoms with Crippen LogP contribution in [0.2, 0.25) is 0 Å². The lowest BCUT2D eigenvalue weighted by Gasteiger charge is -2.04. The van der Waals surface area contributed by atoms with Crippen LogP contribution in [-0.2, 0) is 6.54 Å². The molecule has 1 amide bonds. The second-order valence-electron chi connectivity index (χ2n) is 3.45. The normalized spacial score (nSPS) is 10.1. The third kappa shape index (κ3) is 2.46. The van der Waals surface area contributed by atoms with Gasteiger partial charge in [-0.15, -0.1) is 11.3 Å². The third-order valence-electron chi connectivity index (χ3n) is 2.32. The summed E-state index contributed by atoms with van der Waals surface area (Å²) in [6.45, 7) is 2.63. The summed E-state index contributed by atoms with van der Waals surface area (Å²) in [6.07, 6.45) is 3.23. The number of rotatable bonds is 3. The van der Waals surface area contributed by atoms with Crippen LogP contribution in [0.5, 0.6) is 0 Å². The monoisotopic (exact) mass is 232 g/mol. The van der Waals surface area contributed by atoms with Gasteiger partial charge in [-0.2, -0.15) is 0 Å². The van der Waals surface area contributed by atoms with Gasteiger partial charge in [-0.3, -0.25) is 9.78 Å². The zero-order valence-electron chi connectivity index (χ0n) is 8.93. The van der Waals surface area contributed by atoms with E-state index >= 15 is 0 Å². The van der Waals surface area contributed by atoms with E-state index < -0.39 is 0 Å². The van der Waals surface area contributed by atoms with Crippen LogP contribution in [0.1, 0.15) is 20.8 Å². The van der Waals surface area contributed by atoms with E-state index in [0.29, 0.717) is 12.1 Å². The average molecular weight is 232 g/mol. The Labute approximate surface area is 98.2 Å². The van der Waals surface area contributed by atoms with Crippen LogP contribution in [0.3, 0.4) is 0 Å². The molecule has 0 bridgehead atoms. The molecule has 4 heteroatoms. The van der Waals surface area contributed by atoms with Gasteiger partial charge in [0.05, 0.1) is 6.54 Å². The van der Waals surface area contributed by atoms with E-state index in [2.05, 4.69) is 16.4 Å². The van der Waals surface area contributed by atoms with Crippen molar-refractivity contribution in [1.29, 1.82) is 0 Å². The lowest BCUT2D eigenvalue weighted by atomic mass is 10.2. The molecule has 0 unspecified atom stereocenters. The minimum atomic E-state index is -0.0600. The van der Waals surface area contributed by atoms with Gasteiger partial charge in [-0.1, -0.05) is 0 Å². The van der Waals surface area contributed by atoms with Crippen LogP contribution in [0.25, 0.3) is 0 Å². The number of thiophene rings is 1. The molecule has 2 heterocycles. The third-order valence-corrected chi connectivity index (χ3v) is 3.34. The lowest BCUT2D eigenvalue weighted by molar-refractivity contribution is 0.0951. The number of nitrogens with zero attached hydrogens (tertiary/aromatic N) is 1. The van der Waals surface area contributed by atoms with Crippen LogP contribution in [0, 0.1) is 6.92 Å². The topological polar surface area (TPSA) is 42.0 Å². The number of carbonyl (C=O) groups is 1. The maximum atomic E-state index is 11.7. The Morgan fingerprint density at radius 2 is 2.12 bits per heavy atom. The van der Waals surface area contributed by atoms with Gasteiger partial charge in [0.2, 0.25) is 0 Å². The van der Waals surface area contributed by atoms with Crippen LogP contribution >= 0.6 is 11.3 Å². The van der Waals surface area contributed by atoms with Crippen molar-refractivity contribution in [3.63, 3.8) is 0 Å². The Morgan fingerprint density at radius 1 is 1.38 bits per heavy atom. The molecule has 16 heavy (non-hydrogen) atoms. The summed E-state index contributed by atoms with van der Waals surface area (Å²) < 4.78 is 0. The van der Waals surface area contributed by atoms with Gasteiger partial charge in [0.25, 0.3) is 5.91 Å². The summed E-state index contributed by atoms with van der Waals surface area (Å²) in [5.41, 5.74) is 1.87. The molecule has 0 fully saturated rings. The smallest absolute Gasteiger partial charge is 0.251 e. The van der Waals surface area contributed by atoms with E-state index in [1.807, 2.05) is 12.3 Å². The molecule has 0 aliphatic heterocycles. The van der Waals surface area contributed by atoms with Crippen molar-refractivity contribution in [1.82, 2.24) is 10.3 Å². The van der Waals surface area contributed by atoms with Crippen molar-refractivity contribution in [2.24, 2.45) is 0 Å². The molecule has 0 spiro atoms. The molecule has 0 saturated carbocycles. The molecule has 2 rings (SSSR count). The standard InChI is InChI=1S/C12H12N2OS/c1-9-4-7-16-11(9)8-14-12(15)10-2-5-13-6-3-10/h2-7H,8H2,1H3,(H,14,15). The highest BCUT2D eigenvalue weighted by Crippen LogP contribution is 2.14. The predicted octanol–water partition coefficient (Wildman–Crippen LogP) is 2.38. The van der Waals surface area contributed by atoms with Gasteiger partial charge in [-0.25, -0.2) is 0 Å². The average Bonchev–Trinajstić information content (AvgIpc) is 2.73.